The molecule has 0 aliphatic carbocycles. The van der Waals surface area contributed by atoms with Crippen LogP contribution in [0.5, 0.6) is 0 Å². The molecule has 18 heavy (non-hydrogen) atoms. The fourth-order valence-electron chi connectivity index (χ4n) is 1.91. The molecular formula is C14H14FN3. The van der Waals surface area contributed by atoms with E-state index in [0.717, 1.165) is 12.1 Å². The lowest BCUT2D eigenvalue weighted by atomic mass is 10.1. The fraction of sp³-hybridized carbons (Fsp3) is 0.214. The van der Waals surface area contributed by atoms with E-state index in [1.165, 1.54) is 17.7 Å². The van der Waals surface area contributed by atoms with Crippen LogP contribution in [0.2, 0.25) is 0 Å². The summed E-state index contributed by atoms with van der Waals surface area (Å²) in [6, 6.07) is 8.38. The van der Waals surface area contributed by atoms with Gasteiger partial charge in [-0.15, -0.1) is 0 Å². The number of nitriles is 1. The largest absolute Gasteiger partial charge is 0.350 e. The van der Waals surface area contributed by atoms with Crippen molar-refractivity contribution in [2.75, 3.05) is 7.05 Å². The van der Waals surface area contributed by atoms with Crippen LogP contribution in [0, 0.1) is 17.1 Å². The highest BCUT2D eigenvalue weighted by molar-refractivity contribution is 5.33. The highest BCUT2D eigenvalue weighted by atomic mass is 19.1. The Balaban J connectivity index is 2.17. The molecule has 0 atom stereocenters. The molecule has 0 amide bonds. The van der Waals surface area contributed by atoms with Crippen LogP contribution in [0.25, 0.3) is 0 Å². The summed E-state index contributed by atoms with van der Waals surface area (Å²) < 4.78 is 15.2. The third-order valence-electron chi connectivity index (χ3n) is 2.64. The first-order chi connectivity index (χ1) is 8.71. The van der Waals surface area contributed by atoms with Crippen LogP contribution in [0.1, 0.15) is 16.7 Å². The van der Waals surface area contributed by atoms with Crippen molar-refractivity contribution in [1.82, 2.24) is 9.88 Å². The molecule has 0 spiro atoms. The van der Waals surface area contributed by atoms with E-state index >= 15 is 0 Å². The van der Waals surface area contributed by atoms with Gasteiger partial charge < -0.3 is 9.88 Å². The minimum Gasteiger partial charge on any atom is -0.350 e. The van der Waals surface area contributed by atoms with Crippen LogP contribution in [0.3, 0.4) is 0 Å². The van der Waals surface area contributed by atoms with Crippen molar-refractivity contribution in [2.24, 2.45) is 0 Å². The summed E-state index contributed by atoms with van der Waals surface area (Å²) in [4.78, 5) is 0. The smallest absolute Gasteiger partial charge is 0.124 e. The predicted octanol–water partition coefficient (Wildman–Crippen LogP) is 2.27. The van der Waals surface area contributed by atoms with E-state index < -0.39 is 0 Å². The molecular weight excluding hydrogens is 229 g/mol. The average Bonchev–Trinajstić information content (AvgIpc) is 2.76. The van der Waals surface area contributed by atoms with E-state index in [1.807, 2.05) is 36.1 Å². The third kappa shape index (κ3) is 2.96. The number of hydrogen-bond acceptors (Lipinski definition) is 2. The van der Waals surface area contributed by atoms with Crippen molar-refractivity contribution in [1.29, 1.82) is 5.26 Å². The highest BCUT2D eigenvalue weighted by Gasteiger charge is 2.02. The van der Waals surface area contributed by atoms with Crippen molar-refractivity contribution in [3.63, 3.8) is 0 Å². The van der Waals surface area contributed by atoms with E-state index in [4.69, 9.17) is 5.26 Å². The van der Waals surface area contributed by atoms with Gasteiger partial charge >= 0.3 is 0 Å². The Kier molecular flexibility index (Phi) is 3.75. The SMILES string of the molecule is CNCc1ccn(Cc2cc(F)cc(C#N)c2)c1. The monoisotopic (exact) mass is 243 g/mol. The molecule has 1 heterocycles. The standard InChI is InChI=1S/C14H14FN3/c1-17-8-11-2-3-18(9-11)10-13-4-12(7-16)5-14(15)6-13/h2-6,9,17H,8,10H2,1H3. The lowest BCUT2D eigenvalue weighted by molar-refractivity contribution is 0.623. The zero-order chi connectivity index (χ0) is 13.0. The maximum atomic E-state index is 13.3. The molecule has 0 radical (unpaired) electrons. The van der Waals surface area contributed by atoms with Crippen LogP contribution in [-0.2, 0) is 13.1 Å². The quantitative estimate of drug-likeness (QED) is 0.894. The molecule has 0 aliphatic heterocycles. The lowest BCUT2D eigenvalue weighted by Crippen LogP contribution is -2.04. The van der Waals surface area contributed by atoms with E-state index in [1.54, 1.807) is 6.07 Å². The van der Waals surface area contributed by atoms with Gasteiger partial charge in [-0.1, -0.05) is 0 Å². The molecule has 0 saturated heterocycles. The van der Waals surface area contributed by atoms with Crippen molar-refractivity contribution in [2.45, 2.75) is 13.1 Å². The number of nitrogens with one attached hydrogen (secondary N) is 1. The average molecular weight is 243 g/mol. The zero-order valence-electron chi connectivity index (χ0n) is 10.2. The fourth-order valence-corrected chi connectivity index (χ4v) is 1.91. The van der Waals surface area contributed by atoms with Gasteiger partial charge in [-0.3, -0.25) is 0 Å². The van der Waals surface area contributed by atoms with E-state index in [-0.39, 0.29) is 5.82 Å². The Hall–Kier alpha value is -2.12. The van der Waals surface area contributed by atoms with Gasteiger partial charge in [-0.05, 0) is 42.4 Å². The summed E-state index contributed by atoms with van der Waals surface area (Å²) in [6.07, 6.45) is 3.96. The lowest BCUT2D eigenvalue weighted by Gasteiger charge is -2.04. The van der Waals surface area contributed by atoms with Crippen molar-refractivity contribution < 1.29 is 4.39 Å². The van der Waals surface area contributed by atoms with E-state index in [2.05, 4.69) is 5.32 Å². The number of aromatic nitrogens is 1. The summed E-state index contributed by atoms with van der Waals surface area (Å²) >= 11 is 0. The van der Waals surface area contributed by atoms with Crippen LogP contribution < -0.4 is 5.32 Å². The Morgan fingerprint density at radius 2 is 2.17 bits per heavy atom. The minimum atomic E-state index is -0.369. The first-order valence-electron chi connectivity index (χ1n) is 5.70. The summed E-state index contributed by atoms with van der Waals surface area (Å²) in [5.41, 5.74) is 2.32. The molecule has 1 aromatic heterocycles. The highest BCUT2D eigenvalue weighted by Crippen LogP contribution is 2.11. The van der Waals surface area contributed by atoms with E-state index in [0.29, 0.717) is 12.1 Å². The van der Waals surface area contributed by atoms with Gasteiger partial charge in [0.15, 0.2) is 0 Å². The number of hydrogen-bond donors (Lipinski definition) is 1. The molecule has 0 fully saturated rings. The van der Waals surface area contributed by atoms with Crippen molar-refractivity contribution in [3.8, 4) is 6.07 Å². The second kappa shape index (κ2) is 5.48. The third-order valence-corrected chi connectivity index (χ3v) is 2.64. The van der Waals surface area contributed by atoms with Crippen LogP contribution in [-0.4, -0.2) is 11.6 Å². The van der Waals surface area contributed by atoms with Gasteiger partial charge in [-0.2, -0.15) is 5.26 Å². The second-order valence-electron chi connectivity index (χ2n) is 4.18. The Bertz CT molecular complexity index is 581. The Morgan fingerprint density at radius 1 is 1.33 bits per heavy atom. The van der Waals surface area contributed by atoms with Crippen LogP contribution >= 0.6 is 0 Å². The topological polar surface area (TPSA) is 40.8 Å². The first kappa shape index (κ1) is 12.3. The van der Waals surface area contributed by atoms with Crippen LogP contribution in [0.15, 0.2) is 36.7 Å². The van der Waals surface area contributed by atoms with Gasteiger partial charge in [0.1, 0.15) is 5.82 Å². The number of benzene rings is 1. The second-order valence-corrected chi connectivity index (χ2v) is 4.18. The van der Waals surface area contributed by atoms with Gasteiger partial charge in [0, 0.05) is 25.5 Å². The first-order valence-corrected chi connectivity index (χ1v) is 5.70. The molecule has 92 valence electrons. The maximum absolute atomic E-state index is 13.3. The zero-order valence-corrected chi connectivity index (χ0v) is 10.2. The molecule has 3 nitrogen and oxygen atoms in total. The molecule has 2 aromatic rings. The summed E-state index contributed by atoms with van der Waals surface area (Å²) in [5, 5.41) is 11.9. The van der Waals surface area contributed by atoms with Crippen molar-refractivity contribution >= 4 is 0 Å². The molecule has 0 saturated carbocycles. The number of nitrogens with zero attached hydrogens (tertiary/aromatic N) is 2. The molecule has 4 heteroatoms. The molecule has 1 aromatic carbocycles. The summed E-state index contributed by atoms with van der Waals surface area (Å²) in [7, 11) is 1.89. The van der Waals surface area contributed by atoms with Gasteiger partial charge in [-0.25, -0.2) is 4.39 Å². The van der Waals surface area contributed by atoms with Crippen LogP contribution in [0.4, 0.5) is 4.39 Å². The minimum absolute atomic E-state index is 0.354. The summed E-state index contributed by atoms with van der Waals surface area (Å²) in [6.45, 7) is 1.37. The van der Waals surface area contributed by atoms with Gasteiger partial charge in [0.05, 0.1) is 11.6 Å². The summed E-state index contributed by atoms with van der Waals surface area (Å²) in [5.74, 6) is -0.369. The normalized spacial score (nSPS) is 10.3. The van der Waals surface area contributed by atoms with Gasteiger partial charge in [0.2, 0.25) is 0 Å². The van der Waals surface area contributed by atoms with Gasteiger partial charge in [0.25, 0.3) is 0 Å². The molecule has 0 unspecified atom stereocenters. The molecule has 1 N–H and O–H groups in total. The maximum Gasteiger partial charge on any atom is 0.124 e. The Labute approximate surface area is 105 Å². The predicted molar refractivity (Wildman–Crippen MR) is 67.4 cm³/mol. The number of halogens is 1. The van der Waals surface area contributed by atoms with E-state index in [9.17, 15) is 4.39 Å². The molecule has 0 aliphatic rings. The Morgan fingerprint density at radius 3 is 2.89 bits per heavy atom. The number of rotatable bonds is 4. The molecule has 2 rings (SSSR count). The molecule has 0 bridgehead atoms. The van der Waals surface area contributed by atoms with Crippen molar-refractivity contribution in [3.05, 3.63) is 59.2 Å².